The molecule has 2 unspecified atom stereocenters. The van der Waals surface area contributed by atoms with E-state index in [1.165, 1.54) is 6.92 Å². The molecule has 1 saturated heterocycles. The van der Waals surface area contributed by atoms with Crippen molar-refractivity contribution in [1.29, 1.82) is 0 Å². The molecule has 2 N–H and O–H groups in total. The zero-order chi connectivity index (χ0) is 20.5. The number of fused-ring (bicyclic) bond motifs is 4. The Labute approximate surface area is 169 Å². The molecule has 4 rings (SSSR count). The summed E-state index contributed by atoms with van der Waals surface area (Å²) in [5.74, 6) is 0.308. The van der Waals surface area contributed by atoms with Crippen LogP contribution >= 0.6 is 0 Å². The van der Waals surface area contributed by atoms with Gasteiger partial charge in [0.15, 0.2) is 0 Å². The molecule has 3 heterocycles. The van der Waals surface area contributed by atoms with Crippen molar-refractivity contribution in [3.05, 3.63) is 58.0 Å². The summed E-state index contributed by atoms with van der Waals surface area (Å²) in [7, 11) is 0. The van der Waals surface area contributed by atoms with Crippen LogP contribution in [0.5, 0.6) is 0 Å². The molecule has 0 saturated carbocycles. The van der Waals surface area contributed by atoms with Gasteiger partial charge in [0, 0.05) is 56.3 Å². The monoisotopic (exact) mass is 394 g/mol. The third-order valence-corrected chi connectivity index (χ3v) is 5.73. The zero-order valence-electron chi connectivity index (χ0n) is 16.8. The first kappa shape index (κ1) is 19.2. The van der Waals surface area contributed by atoms with E-state index >= 15 is 0 Å². The van der Waals surface area contributed by atoms with Gasteiger partial charge in [-0.3, -0.25) is 14.4 Å². The lowest BCUT2D eigenvalue weighted by molar-refractivity contribution is -0.114. The van der Waals surface area contributed by atoms with Gasteiger partial charge >= 0.3 is 0 Å². The van der Waals surface area contributed by atoms with E-state index < -0.39 is 0 Å². The molecule has 0 radical (unpaired) electrons. The summed E-state index contributed by atoms with van der Waals surface area (Å²) in [4.78, 5) is 38.5. The zero-order valence-corrected chi connectivity index (χ0v) is 16.8. The third-order valence-electron chi connectivity index (χ3n) is 5.73. The maximum Gasteiger partial charge on any atom is 0.251 e. The van der Waals surface area contributed by atoms with Crippen LogP contribution in [-0.2, 0) is 11.3 Å². The van der Waals surface area contributed by atoms with Crippen molar-refractivity contribution in [1.82, 2.24) is 9.88 Å². The number of aromatic nitrogens is 1. The fourth-order valence-corrected chi connectivity index (χ4v) is 4.60. The van der Waals surface area contributed by atoms with Gasteiger partial charge in [-0.15, -0.1) is 0 Å². The molecule has 0 spiro atoms. The Bertz CT molecular complexity index is 1010. The molecule has 7 heteroatoms. The summed E-state index contributed by atoms with van der Waals surface area (Å²) in [6.45, 7) is 6.18. The van der Waals surface area contributed by atoms with Gasteiger partial charge in [0.1, 0.15) is 0 Å². The summed E-state index contributed by atoms with van der Waals surface area (Å²) in [6.07, 6.45) is 1.06. The number of rotatable bonds is 4. The SMILES string of the molecule is CCNC(=O)c1ccc(N2CC3CC(C2)c2cccc(=O)n2C3)c(NC(C)=O)c1. The third kappa shape index (κ3) is 3.77. The molecular weight excluding hydrogens is 368 g/mol. The van der Waals surface area contributed by atoms with Gasteiger partial charge in [0.2, 0.25) is 5.91 Å². The number of carbonyl (C=O) groups excluding carboxylic acids is 2. The Balaban J connectivity index is 1.67. The number of pyridine rings is 1. The van der Waals surface area contributed by atoms with E-state index in [4.69, 9.17) is 0 Å². The van der Waals surface area contributed by atoms with Gasteiger partial charge in [0.05, 0.1) is 11.4 Å². The van der Waals surface area contributed by atoms with Gasteiger partial charge in [-0.1, -0.05) is 6.07 Å². The Morgan fingerprint density at radius 1 is 1.14 bits per heavy atom. The second-order valence-corrected chi connectivity index (χ2v) is 7.88. The highest BCUT2D eigenvalue weighted by molar-refractivity contribution is 5.99. The molecule has 1 aromatic heterocycles. The molecule has 2 atom stereocenters. The Kier molecular flexibility index (Phi) is 5.13. The first-order valence-electron chi connectivity index (χ1n) is 10.1. The summed E-state index contributed by atoms with van der Waals surface area (Å²) in [6, 6.07) is 10.9. The predicted molar refractivity (Wildman–Crippen MR) is 113 cm³/mol. The van der Waals surface area contributed by atoms with Crippen molar-refractivity contribution in [3.63, 3.8) is 0 Å². The molecule has 29 heavy (non-hydrogen) atoms. The average Bonchev–Trinajstić information content (AvgIpc) is 2.68. The standard InChI is InChI=1S/C22H26N4O3/c1-3-23-22(29)16-7-8-20(18(10-16)24-14(2)27)25-11-15-9-17(13-25)19-5-4-6-21(28)26(19)12-15/h4-8,10,15,17H,3,9,11-13H2,1-2H3,(H,23,29)(H,24,27). The maximum absolute atomic E-state index is 12.2. The largest absolute Gasteiger partial charge is 0.369 e. The van der Waals surface area contributed by atoms with Crippen molar-refractivity contribution in [2.75, 3.05) is 29.9 Å². The smallest absolute Gasteiger partial charge is 0.251 e. The predicted octanol–water partition coefficient (Wildman–Crippen LogP) is 2.18. The molecule has 0 aliphatic carbocycles. The van der Waals surface area contributed by atoms with Crippen molar-refractivity contribution in [2.45, 2.75) is 32.7 Å². The molecule has 2 aliphatic rings. The minimum atomic E-state index is -0.173. The van der Waals surface area contributed by atoms with Gasteiger partial charge < -0.3 is 20.1 Å². The second kappa shape index (κ2) is 7.73. The van der Waals surface area contributed by atoms with E-state index in [0.717, 1.165) is 30.9 Å². The first-order chi connectivity index (χ1) is 14.0. The Hall–Kier alpha value is -3.09. The van der Waals surface area contributed by atoms with Crippen LogP contribution in [0.2, 0.25) is 0 Å². The van der Waals surface area contributed by atoms with Crippen LogP contribution in [0.4, 0.5) is 11.4 Å². The molecule has 1 aromatic carbocycles. The quantitative estimate of drug-likeness (QED) is 0.833. The van der Waals surface area contributed by atoms with E-state index in [1.807, 2.05) is 29.7 Å². The molecule has 7 nitrogen and oxygen atoms in total. The van der Waals surface area contributed by atoms with Crippen LogP contribution in [0.25, 0.3) is 0 Å². The lowest BCUT2D eigenvalue weighted by atomic mass is 9.83. The molecule has 2 aromatic rings. The number of carbonyl (C=O) groups is 2. The van der Waals surface area contributed by atoms with E-state index in [9.17, 15) is 14.4 Å². The van der Waals surface area contributed by atoms with Crippen molar-refractivity contribution in [2.24, 2.45) is 5.92 Å². The van der Waals surface area contributed by atoms with Crippen LogP contribution in [0.3, 0.4) is 0 Å². The van der Waals surface area contributed by atoms with E-state index in [1.54, 1.807) is 18.2 Å². The van der Waals surface area contributed by atoms with Gasteiger partial charge in [-0.2, -0.15) is 0 Å². The highest BCUT2D eigenvalue weighted by Crippen LogP contribution is 2.39. The van der Waals surface area contributed by atoms with Gasteiger partial charge in [-0.25, -0.2) is 0 Å². The number of nitrogens with zero attached hydrogens (tertiary/aromatic N) is 2. The fourth-order valence-electron chi connectivity index (χ4n) is 4.60. The van der Waals surface area contributed by atoms with E-state index in [-0.39, 0.29) is 23.3 Å². The first-order valence-corrected chi connectivity index (χ1v) is 10.1. The average molecular weight is 394 g/mol. The van der Waals surface area contributed by atoms with Crippen molar-refractivity contribution in [3.8, 4) is 0 Å². The number of piperidine rings is 1. The summed E-state index contributed by atoms with van der Waals surface area (Å²) < 4.78 is 1.91. The highest BCUT2D eigenvalue weighted by atomic mass is 16.2. The highest BCUT2D eigenvalue weighted by Gasteiger charge is 2.35. The Morgan fingerprint density at radius 3 is 2.72 bits per heavy atom. The topological polar surface area (TPSA) is 83.4 Å². The molecule has 2 aliphatic heterocycles. The molecule has 2 amide bonds. The maximum atomic E-state index is 12.2. The minimum Gasteiger partial charge on any atom is -0.369 e. The molecular formula is C22H26N4O3. The summed E-state index contributed by atoms with van der Waals surface area (Å²) >= 11 is 0. The number of amides is 2. The van der Waals surface area contributed by atoms with Gasteiger partial charge in [0.25, 0.3) is 11.5 Å². The van der Waals surface area contributed by atoms with Crippen LogP contribution < -0.4 is 21.1 Å². The summed E-state index contributed by atoms with van der Waals surface area (Å²) in [5.41, 5.74) is 3.23. The van der Waals surface area contributed by atoms with Crippen LogP contribution in [0.15, 0.2) is 41.2 Å². The van der Waals surface area contributed by atoms with Crippen molar-refractivity contribution >= 4 is 23.2 Å². The Morgan fingerprint density at radius 2 is 1.97 bits per heavy atom. The molecule has 2 bridgehead atoms. The molecule has 1 fully saturated rings. The van der Waals surface area contributed by atoms with Gasteiger partial charge in [-0.05, 0) is 43.5 Å². The van der Waals surface area contributed by atoms with Crippen LogP contribution in [-0.4, -0.2) is 36.0 Å². The van der Waals surface area contributed by atoms with E-state index in [2.05, 4.69) is 15.5 Å². The second-order valence-electron chi connectivity index (χ2n) is 7.88. The van der Waals surface area contributed by atoms with Crippen molar-refractivity contribution < 1.29 is 9.59 Å². The molecule has 152 valence electrons. The lowest BCUT2D eigenvalue weighted by Gasteiger charge is -2.44. The van der Waals surface area contributed by atoms with E-state index in [0.29, 0.717) is 30.3 Å². The van der Waals surface area contributed by atoms with Crippen LogP contribution in [0, 0.1) is 5.92 Å². The number of hydrogen-bond acceptors (Lipinski definition) is 4. The minimum absolute atomic E-state index is 0.0656. The normalized spacial score (nSPS) is 20.0. The summed E-state index contributed by atoms with van der Waals surface area (Å²) in [5, 5.41) is 5.68. The van der Waals surface area contributed by atoms with Crippen LogP contribution in [0.1, 0.15) is 42.2 Å². The lowest BCUT2D eigenvalue weighted by Crippen LogP contribution is -2.47. The number of anilines is 2. The number of hydrogen-bond donors (Lipinski definition) is 2. The number of benzene rings is 1. The number of nitrogens with one attached hydrogen (secondary N) is 2. The fraction of sp³-hybridized carbons (Fsp3) is 0.409.